The number of unbranched alkanes of at least 4 members (excludes halogenated alkanes) is 3. The highest BCUT2D eigenvalue weighted by atomic mass is 32.2. The van der Waals surface area contributed by atoms with E-state index >= 15 is 0 Å². The first-order chi connectivity index (χ1) is 13.0. The zero-order valence-corrected chi connectivity index (χ0v) is 17.9. The molecule has 0 radical (unpaired) electrons. The number of nitrogens with zero attached hydrogens (tertiary/aromatic N) is 2. The van der Waals surface area contributed by atoms with E-state index in [0.717, 1.165) is 47.8 Å². The number of thiazole rings is 1. The average molecular weight is 405 g/mol. The van der Waals surface area contributed by atoms with Crippen molar-refractivity contribution >= 4 is 39.3 Å². The van der Waals surface area contributed by atoms with Gasteiger partial charge in [0.05, 0.1) is 5.69 Å². The Morgan fingerprint density at radius 2 is 1.81 bits per heavy atom. The Morgan fingerprint density at radius 3 is 2.52 bits per heavy atom. The zero-order valence-electron chi connectivity index (χ0n) is 16.3. The number of hydrogen-bond acceptors (Lipinski definition) is 5. The van der Waals surface area contributed by atoms with Crippen molar-refractivity contribution < 1.29 is 9.59 Å². The van der Waals surface area contributed by atoms with Crippen molar-refractivity contribution in [2.24, 2.45) is 5.92 Å². The minimum absolute atomic E-state index is 0.105. The molecule has 0 saturated heterocycles. The fourth-order valence-electron chi connectivity index (χ4n) is 2.51. The molecule has 0 aliphatic rings. The number of aromatic nitrogens is 1. The van der Waals surface area contributed by atoms with Gasteiger partial charge in [0.25, 0.3) is 0 Å². The number of hydrogen-bond donors (Lipinski definition) is 0. The Labute approximate surface area is 170 Å². The quantitative estimate of drug-likeness (QED) is 0.481. The van der Waals surface area contributed by atoms with Gasteiger partial charge in [-0.1, -0.05) is 68.8 Å². The highest BCUT2D eigenvalue weighted by Crippen LogP contribution is 2.27. The highest BCUT2D eigenvalue weighted by Gasteiger charge is 2.15. The van der Waals surface area contributed by atoms with Crippen LogP contribution >= 0.6 is 23.1 Å². The summed E-state index contributed by atoms with van der Waals surface area (Å²) in [5, 5.41) is 3.00. The van der Waals surface area contributed by atoms with Gasteiger partial charge in [0.2, 0.25) is 5.91 Å². The van der Waals surface area contributed by atoms with E-state index in [1.807, 2.05) is 49.6 Å². The molecule has 6 heteroatoms. The number of benzene rings is 1. The van der Waals surface area contributed by atoms with Gasteiger partial charge in [-0.2, -0.15) is 0 Å². The zero-order chi connectivity index (χ0) is 19.6. The summed E-state index contributed by atoms with van der Waals surface area (Å²) >= 11 is 2.93. The predicted octanol–water partition coefficient (Wildman–Crippen LogP) is 5.64. The van der Waals surface area contributed by atoms with Crippen LogP contribution in [0, 0.1) is 5.92 Å². The van der Waals surface area contributed by atoms with Gasteiger partial charge < -0.3 is 0 Å². The monoisotopic (exact) mass is 404 g/mol. The summed E-state index contributed by atoms with van der Waals surface area (Å²) in [6.45, 7) is 3.87. The molecule has 0 spiro atoms. The van der Waals surface area contributed by atoms with E-state index in [2.05, 4.69) is 4.98 Å². The lowest BCUT2D eigenvalue weighted by Crippen LogP contribution is -2.25. The third kappa shape index (κ3) is 7.11. The van der Waals surface area contributed by atoms with E-state index in [0.29, 0.717) is 6.42 Å². The number of carbonyl (C=O) groups excluding carboxylic acids is 2. The van der Waals surface area contributed by atoms with Gasteiger partial charge in [0.1, 0.15) is 0 Å². The molecule has 0 N–H and O–H groups in total. The van der Waals surface area contributed by atoms with Gasteiger partial charge in [0, 0.05) is 36.1 Å². The van der Waals surface area contributed by atoms with E-state index in [4.69, 9.17) is 0 Å². The van der Waals surface area contributed by atoms with Crippen LogP contribution in [0.1, 0.15) is 46.0 Å². The predicted molar refractivity (Wildman–Crippen MR) is 116 cm³/mol. The standard InChI is InChI=1S/C21H28N2O2S2/c1-16(2)20(25)26-14-10-5-4-9-13-19(24)23(3)21-22-18(15-27-21)17-11-7-6-8-12-17/h6-8,11-12,15-16H,4-5,9-10,13-14H2,1-3H3. The first kappa shape index (κ1) is 21.6. The molecule has 4 nitrogen and oxygen atoms in total. The fraction of sp³-hybridized carbons (Fsp3) is 0.476. The summed E-state index contributed by atoms with van der Waals surface area (Å²) in [7, 11) is 1.80. The van der Waals surface area contributed by atoms with Crippen LogP contribution in [0.2, 0.25) is 0 Å². The molecule has 1 heterocycles. The van der Waals surface area contributed by atoms with E-state index < -0.39 is 0 Å². The van der Waals surface area contributed by atoms with E-state index in [1.165, 1.54) is 23.1 Å². The Hall–Kier alpha value is -1.66. The van der Waals surface area contributed by atoms with Crippen molar-refractivity contribution in [1.82, 2.24) is 4.98 Å². The molecular weight excluding hydrogens is 376 g/mol. The van der Waals surface area contributed by atoms with Gasteiger partial charge in [-0.05, 0) is 12.8 Å². The smallest absolute Gasteiger partial charge is 0.228 e. The lowest BCUT2D eigenvalue weighted by atomic mass is 10.1. The lowest BCUT2D eigenvalue weighted by molar-refractivity contribution is -0.118. The first-order valence-corrected chi connectivity index (χ1v) is 11.3. The van der Waals surface area contributed by atoms with Crippen molar-refractivity contribution in [1.29, 1.82) is 0 Å². The van der Waals surface area contributed by atoms with Crippen LogP contribution in [-0.2, 0) is 9.59 Å². The summed E-state index contributed by atoms with van der Waals surface area (Å²) < 4.78 is 0. The molecule has 0 fully saturated rings. The number of rotatable bonds is 10. The van der Waals surface area contributed by atoms with E-state index in [-0.39, 0.29) is 16.9 Å². The summed E-state index contributed by atoms with van der Waals surface area (Å²) in [5.74, 6) is 1.09. The SMILES string of the molecule is CC(C)C(=O)SCCCCCCC(=O)N(C)c1nc(-c2ccccc2)cs1. The van der Waals surface area contributed by atoms with Crippen molar-refractivity contribution in [3.8, 4) is 11.3 Å². The number of anilines is 1. The van der Waals surface area contributed by atoms with Crippen molar-refractivity contribution in [2.75, 3.05) is 17.7 Å². The molecule has 2 rings (SSSR count). The van der Waals surface area contributed by atoms with Gasteiger partial charge >= 0.3 is 0 Å². The number of thioether (sulfide) groups is 1. The van der Waals surface area contributed by atoms with Gasteiger partial charge in [-0.3, -0.25) is 14.5 Å². The van der Waals surface area contributed by atoms with Crippen LogP contribution < -0.4 is 4.90 Å². The van der Waals surface area contributed by atoms with Crippen LogP contribution in [0.5, 0.6) is 0 Å². The first-order valence-electron chi connectivity index (χ1n) is 9.43. The maximum absolute atomic E-state index is 12.4. The molecule has 1 aromatic heterocycles. The number of carbonyl (C=O) groups is 2. The fourth-order valence-corrected chi connectivity index (χ4v) is 4.21. The minimum atomic E-state index is 0.105. The maximum Gasteiger partial charge on any atom is 0.228 e. The molecule has 0 bridgehead atoms. The second-order valence-corrected chi connectivity index (χ2v) is 8.76. The van der Waals surface area contributed by atoms with Crippen LogP contribution in [0.25, 0.3) is 11.3 Å². The molecule has 146 valence electrons. The van der Waals surface area contributed by atoms with Gasteiger partial charge in [0.15, 0.2) is 10.2 Å². The third-order valence-corrected chi connectivity index (χ3v) is 6.39. The Balaban J connectivity index is 1.67. The summed E-state index contributed by atoms with van der Waals surface area (Å²) in [6, 6.07) is 10.00. The minimum Gasteiger partial charge on any atom is -0.291 e. The van der Waals surface area contributed by atoms with E-state index in [9.17, 15) is 9.59 Å². The second-order valence-electron chi connectivity index (χ2n) is 6.82. The Bertz CT molecular complexity index is 729. The molecule has 0 aliphatic heterocycles. The summed E-state index contributed by atoms with van der Waals surface area (Å²) in [6.07, 6.45) is 4.52. The Kier molecular flexibility index (Phi) is 9.01. The lowest BCUT2D eigenvalue weighted by Gasteiger charge is -2.13. The molecule has 2 aromatic rings. The van der Waals surface area contributed by atoms with E-state index in [1.54, 1.807) is 11.9 Å². The average Bonchev–Trinajstić information content (AvgIpc) is 3.17. The summed E-state index contributed by atoms with van der Waals surface area (Å²) in [4.78, 5) is 30.2. The third-order valence-electron chi connectivity index (χ3n) is 4.22. The number of amides is 1. The van der Waals surface area contributed by atoms with Crippen LogP contribution in [0.15, 0.2) is 35.7 Å². The van der Waals surface area contributed by atoms with Crippen molar-refractivity contribution in [2.45, 2.75) is 46.0 Å². The molecule has 1 amide bonds. The van der Waals surface area contributed by atoms with Gasteiger partial charge in [-0.25, -0.2) is 4.98 Å². The normalized spacial score (nSPS) is 11.0. The highest BCUT2D eigenvalue weighted by molar-refractivity contribution is 8.13. The molecule has 1 aromatic carbocycles. The van der Waals surface area contributed by atoms with Crippen LogP contribution in [-0.4, -0.2) is 28.8 Å². The molecule has 0 aliphatic carbocycles. The van der Waals surface area contributed by atoms with Gasteiger partial charge in [-0.15, -0.1) is 11.3 Å². The largest absolute Gasteiger partial charge is 0.291 e. The molecule has 27 heavy (non-hydrogen) atoms. The second kappa shape index (κ2) is 11.2. The molecule has 0 atom stereocenters. The van der Waals surface area contributed by atoms with Crippen molar-refractivity contribution in [3.63, 3.8) is 0 Å². The Morgan fingerprint density at radius 1 is 1.11 bits per heavy atom. The molecular formula is C21H28N2O2S2. The van der Waals surface area contributed by atoms with Crippen molar-refractivity contribution in [3.05, 3.63) is 35.7 Å². The van der Waals surface area contributed by atoms with Crippen LogP contribution in [0.3, 0.4) is 0 Å². The topological polar surface area (TPSA) is 50.3 Å². The van der Waals surface area contributed by atoms with Crippen LogP contribution in [0.4, 0.5) is 5.13 Å². The molecule has 0 saturated carbocycles. The molecule has 0 unspecified atom stereocenters. The summed E-state index contributed by atoms with van der Waals surface area (Å²) in [5.41, 5.74) is 1.97. The maximum atomic E-state index is 12.4.